The highest BCUT2D eigenvalue weighted by Gasteiger charge is 2.21. The van der Waals surface area contributed by atoms with Gasteiger partial charge < -0.3 is 9.72 Å². The van der Waals surface area contributed by atoms with Crippen molar-refractivity contribution in [3.05, 3.63) is 57.4 Å². The molecule has 6 heteroatoms. The summed E-state index contributed by atoms with van der Waals surface area (Å²) in [6.07, 6.45) is 0. The Morgan fingerprint density at radius 3 is 2.26 bits per heavy atom. The minimum Gasteiger partial charge on any atom is -0.453 e. The van der Waals surface area contributed by atoms with E-state index >= 15 is 0 Å². The largest absolute Gasteiger partial charge is 0.453 e. The molecule has 0 unspecified atom stereocenters. The number of benzene rings is 1. The van der Waals surface area contributed by atoms with Gasteiger partial charge in [0.2, 0.25) is 0 Å². The molecule has 2 aromatic rings. The number of aromatic nitrogens is 1. The lowest BCUT2D eigenvalue weighted by Gasteiger charge is -2.04. The van der Waals surface area contributed by atoms with E-state index in [0.717, 1.165) is 0 Å². The molecule has 0 radical (unpaired) electrons. The number of aryl methyl sites for hydroxylation is 1. The van der Waals surface area contributed by atoms with Crippen molar-refractivity contribution in [1.29, 1.82) is 0 Å². The summed E-state index contributed by atoms with van der Waals surface area (Å²) < 4.78 is 5.04. The molecule has 1 aromatic heterocycles. The number of Topliss-reactive ketones (excluding diaryl/α,β-unsaturated/α-hetero) is 2. The van der Waals surface area contributed by atoms with Crippen molar-refractivity contribution in [3.63, 3.8) is 0 Å². The zero-order chi connectivity index (χ0) is 17.1. The molecule has 23 heavy (non-hydrogen) atoms. The molecule has 1 heterocycles. The number of carbonyl (C=O) groups excluding carboxylic acids is 3. The molecule has 0 aliphatic heterocycles. The third-order valence-corrected chi connectivity index (χ3v) is 3.75. The number of ether oxygens (including phenoxy) is 1. The number of hydrogen-bond donors (Lipinski definition) is 1. The van der Waals surface area contributed by atoms with Crippen LogP contribution < -0.4 is 0 Å². The number of esters is 1. The zero-order valence-electron chi connectivity index (χ0n) is 13.0. The SMILES string of the molecule is CC(=O)c1c(C)[nH]c(C(=O)OCC(=O)c2ccc(Cl)cc2)c1C. The van der Waals surface area contributed by atoms with Gasteiger partial charge in [0.05, 0.1) is 0 Å². The summed E-state index contributed by atoms with van der Waals surface area (Å²) in [5, 5.41) is 0.521. The van der Waals surface area contributed by atoms with Crippen molar-refractivity contribution < 1.29 is 19.1 Å². The number of H-pyrrole nitrogens is 1. The summed E-state index contributed by atoms with van der Waals surface area (Å²) in [6, 6.07) is 6.31. The van der Waals surface area contributed by atoms with Crippen molar-refractivity contribution >= 4 is 29.1 Å². The number of halogens is 1. The van der Waals surface area contributed by atoms with E-state index in [-0.39, 0.29) is 23.9 Å². The molecule has 120 valence electrons. The first kappa shape index (κ1) is 17.0. The summed E-state index contributed by atoms with van der Waals surface area (Å²) in [6.45, 7) is 4.42. The van der Waals surface area contributed by atoms with Crippen LogP contribution in [0.1, 0.15) is 49.4 Å². The number of ketones is 2. The molecule has 0 aliphatic carbocycles. The molecule has 0 saturated carbocycles. The number of rotatable bonds is 5. The smallest absolute Gasteiger partial charge is 0.355 e. The molecule has 1 aromatic carbocycles. The van der Waals surface area contributed by atoms with E-state index in [9.17, 15) is 14.4 Å². The average molecular weight is 334 g/mol. The third kappa shape index (κ3) is 3.68. The molecule has 1 N–H and O–H groups in total. The molecular weight excluding hydrogens is 318 g/mol. The predicted octanol–water partition coefficient (Wildman–Crippen LogP) is 3.53. The van der Waals surface area contributed by atoms with E-state index in [2.05, 4.69) is 4.98 Å². The molecule has 0 bridgehead atoms. The Kier molecular flexibility index (Phi) is 5.01. The highest BCUT2D eigenvalue weighted by Crippen LogP contribution is 2.19. The van der Waals surface area contributed by atoms with E-state index in [1.807, 2.05) is 0 Å². The van der Waals surface area contributed by atoms with Crippen molar-refractivity contribution in [2.24, 2.45) is 0 Å². The van der Waals surface area contributed by atoms with E-state index in [4.69, 9.17) is 16.3 Å². The normalized spacial score (nSPS) is 10.4. The van der Waals surface area contributed by atoms with E-state index in [1.165, 1.54) is 6.92 Å². The zero-order valence-corrected chi connectivity index (χ0v) is 13.8. The Morgan fingerprint density at radius 2 is 1.74 bits per heavy atom. The number of aromatic amines is 1. The van der Waals surface area contributed by atoms with Crippen LogP contribution in [0, 0.1) is 13.8 Å². The molecular formula is C17H16ClNO4. The quantitative estimate of drug-likeness (QED) is 0.671. The Labute approximate surface area is 138 Å². The first-order valence-corrected chi connectivity index (χ1v) is 7.35. The van der Waals surface area contributed by atoms with Crippen LogP contribution in [-0.4, -0.2) is 29.1 Å². The molecule has 5 nitrogen and oxygen atoms in total. The standard InChI is InChI=1S/C17H16ClNO4/c1-9-15(11(3)20)10(2)19-16(9)17(22)23-8-14(21)12-4-6-13(18)7-5-12/h4-7,19H,8H2,1-3H3. The first-order chi connectivity index (χ1) is 10.8. The highest BCUT2D eigenvalue weighted by atomic mass is 35.5. The van der Waals surface area contributed by atoms with Gasteiger partial charge in [-0.15, -0.1) is 0 Å². The minimum absolute atomic E-state index is 0.132. The maximum atomic E-state index is 12.1. The Morgan fingerprint density at radius 1 is 1.13 bits per heavy atom. The van der Waals surface area contributed by atoms with Crippen LogP contribution in [-0.2, 0) is 4.74 Å². The third-order valence-electron chi connectivity index (χ3n) is 3.49. The topological polar surface area (TPSA) is 76.2 Å². The van der Waals surface area contributed by atoms with Gasteiger partial charge in [-0.1, -0.05) is 11.6 Å². The molecule has 0 aliphatic rings. The number of nitrogens with one attached hydrogen (secondary N) is 1. The Hall–Kier alpha value is -2.40. The predicted molar refractivity (Wildman–Crippen MR) is 86.3 cm³/mol. The number of carbonyl (C=O) groups is 3. The van der Waals surface area contributed by atoms with Crippen molar-refractivity contribution in [2.45, 2.75) is 20.8 Å². The van der Waals surface area contributed by atoms with Crippen LogP contribution in [0.25, 0.3) is 0 Å². The summed E-state index contributed by atoms with van der Waals surface area (Å²) in [7, 11) is 0. The van der Waals surface area contributed by atoms with Gasteiger partial charge in [-0.25, -0.2) is 4.79 Å². The van der Waals surface area contributed by atoms with Crippen LogP contribution in [0.15, 0.2) is 24.3 Å². The van der Waals surface area contributed by atoms with Gasteiger partial charge in [0.1, 0.15) is 5.69 Å². The lowest BCUT2D eigenvalue weighted by atomic mass is 10.1. The van der Waals surface area contributed by atoms with E-state index in [0.29, 0.717) is 27.4 Å². The van der Waals surface area contributed by atoms with E-state index in [1.54, 1.807) is 38.1 Å². The van der Waals surface area contributed by atoms with Gasteiger partial charge in [0, 0.05) is 21.8 Å². The molecule has 0 saturated heterocycles. The summed E-state index contributed by atoms with van der Waals surface area (Å²) in [5.74, 6) is -1.13. The summed E-state index contributed by atoms with van der Waals surface area (Å²) in [4.78, 5) is 38.5. The summed E-state index contributed by atoms with van der Waals surface area (Å²) >= 11 is 5.76. The van der Waals surface area contributed by atoms with Crippen LogP contribution >= 0.6 is 11.6 Å². The van der Waals surface area contributed by atoms with Crippen LogP contribution in [0.3, 0.4) is 0 Å². The molecule has 0 spiro atoms. The van der Waals surface area contributed by atoms with Crippen LogP contribution in [0.4, 0.5) is 0 Å². The fraction of sp³-hybridized carbons (Fsp3) is 0.235. The number of hydrogen-bond acceptors (Lipinski definition) is 4. The minimum atomic E-state index is -0.666. The van der Waals surface area contributed by atoms with E-state index < -0.39 is 5.97 Å². The van der Waals surface area contributed by atoms with Crippen molar-refractivity contribution in [2.75, 3.05) is 6.61 Å². The first-order valence-electron chi connectivity index (χ1n) is 6.97. The maximum absolute atomic E-state index is 12.1. The fourth-order valence-electron chi connectivity index (χ4n) is 2.40. The lowest BCUT2D eigenvalue weighted by Crippen LogP contribution is -2.15. The molecule has 0 fully saturated rings. The second kappa shape index (κ2) is 6.79. The van der Waals surface area contributed by atoms with Crippen LogP contribution in [0.5, 0.6) is 0 Å². The van der Waals surface area contributed by atoms with Crippen LogP contribution in [0.2, 0.25) is 5.02 Å². The molecule has 2 rings (SSSR count). The van der Waals surface area contributed by atoms with Crippen molar-refractivity contribution in [3.8, 4) is 0 Å². The Balaban J connectivity index is 2.08. The van der Waals surface area contributed by atoms with Gasteiger partial charge in [-0.2, -0.15) is 0 Å². The summed E-state index contributed by atoms with van der Waals surface area (Å²) in [5.41, 5.74) is 2.20. The molecule has 0 amide bonds. The van der Waals surface area contributed by atoms with Gasteiger partial charge in [-0.05, 0) is 50.6 Å². The fourth-order valence-corrected chi connectivity index (χ4v) is 2.53. The van der Waals surface area contributed by atoms with Crippen molar-refractivity contribution in [1.82, 2.24) is 4.98 Å². The second-order valence-corrected chi connectivity index (χ2v) is 5.62. The second-order valence-electron chi connectivity index (χ2n) is 5.19. The van der Waals surface area contributed by atoms with Gasteiger partial charge in [0.25, 0.3) is 0 Å². The lowest BCUT2D eigenvalue weighted by molar-refractivity contribution is 0.0468. The highest BCUT2D eigenvalue weighted by molar-refractivity contribution is 6.30. The average Bonchev–Trinajstić information content (AvgIpc) is 2.80. The Bertz CT molecular complexity index is 775. The molecule has 0 atom stereocenters. The maximum Gasteiger partial charge on any atom is 0.355 e. The van der Waals surface area contributed by atoms with Gasteiger partial charge in [-0.3, -0.25) is 9.59 Å². The monoisotopic (exact) mass is 333 g/mol. The van der Waals surface area contributed by atoms with Gasteiger partial charge >= 0.3 is 5.97 Å². The van der Waals surface area contributed by atoms with Gasteiger partial charge in [0.15, 0.2) is 18.2 Å².